The lowest BCUT2D eigenvalue weighted by molar-refractivity contribution is -0.134. The first-order valence-corrected chi connectivity index (χ1v) is 7.24. The summed E-state index contributed by atoms with van der Waals surface area (Å²) in [6.07, 6.45) is -2.72. The summed E-state index contributed by atoms with van der Waals surface area (Å²) in [4.78, 5) is 20.5. The second-order valence-electron chi connectivity index (χ2n) is 4.47. The number of carbonyl (C=O) groups is 1. The van der Waals surface area contributed by atoms with Gasteiger partial charge in [0.15, 0.2) is 12.1 Å². The lowest BCUT2D eigenvalue weighted by Gasteiger charge is -2.05. The molecule has 0 saturated heterocycles. The molecule has 2 aromatic rings. The number of oxazole rings is 1. The van der Waals surface area contributed by atoms with Gasteiger partial charge in [0.25, 0.3) is 0 Å². The molecule has 0 spiro atoms. The summed E-state index contributed by atoms with van der Waals surface area (Å²) in [5, 5.41) is 0.910. The molecule has 2 heterocycles. The van der Waals surface area contributed by atoms with Crippen LogP contribution in [0.4, 0.5) is 13.2 Å². The molecule has 0 aromatic carbocycles. The molecule has 0 fully saturated rings. The predicted molar refractivity (Wildman–Crippen MR) is 71.7 cm³/mol. The van der Waals surface area contributed by atoms with Crippen LogP contribution >= 0.6 is 11.3 Å². The third-order valence-corrected chi connectivity index (χ3v) is 3.69. The summed E-state index contributed by atoms with van der Waals surface area (Å²) in [6.45, 7) is 1.97. The number of halogens is 3. The number of aryl methyl sites for hydroxylation is 2. The molecule has 0 unspecified atom stereocenters. The highest BCUT2D eigenvalue weighted by Crippen LogP contribution is 2.23. The molecule has 22 heavy (non-hydrogen) atoms. The first-order chi connectivity index (χ1) is 10.3. The lowest BCUT2D eigenvalue weighted by atomic mass is 10.2. The molecule has 0 aliphatic carbocycles. The number of thiazole rings is 1. The summed E-state index contributed by atoms with van der Waals surface area (Å²) >= 11 is 1.49. The highest BCUT2D eigenvalue weighted by molar-refractivity contribution is 7.11. The van der Waals surface area contributed by atoms with Crippen LogP contribution < -0.4 is 0 Å². The van der Waals surface area contributed by atoms with E-state index in [4.69, 9.17) is 9.15 Å². The number of ether oxygens (including phenoxy) is 1. The van der Waals surface area contributed by atoms with Crippen LogP contribution in [0.3, 0.4) is 0 Å². The average Bonchev–Trinajstić information content (AvgIpc) is 3.04. The van der Waals surface area contributed by atoms with E-state index >= 15 is 0 Å². The van der Waals surface area contributed by atoms with Crippen molar-refractivity contribution in [2.24, 2.45) is 0 Å². The number of esters is 1. The minimum absolute atomic E-state index is 0.103. The molecule has 0 aliphatic heterocycles. The molecule has 0 aliphatic rings. The van der Waals surface area contributed by atoms with Crippen LogP contribution in [0.5, 0.6) is 0 Å². The zero-order valence-electron chi connectivity index (χ0n) is 11.6. The normalized spacial score (nSPS) is 11.6. The number of aromatic nitrogens is 2. The molecule has 2 rings (SSSR count). The van der Waals surface area contributed by atoms with E-state index in [9.17, 15) is 18.0 Å². The van der Waals surface area contributed by atoms with Crippen LogP contribution in [-0.4, -0.2) is 28.7 Å². The van der Waals surface area contributed by atoms with E-state index in [1.54, 1.807) is 6.20 Å². The predicted octanol–water partition coefficient (Wildman–Crippen LogP) is 3.33. The standard InChI is InChI=1S/C13H13F3N2O3S/c1-8-17-6-9(22-8)3-5-20-12(19)11-10(21-7-18-11)2-4-13(14,15)16/h6-7H,2-5H2,1H3. The van der Waals surface area contributed by atoms with E-state index in [2.05, 4.69) is 9.97 Å². The maximum absolute atomic E-state index is 12.2. The summed E-state index contributed by atoms with van der Waals surface area (Å²) in [6, 6.07) is 0. The van der Waals surface area contributed by atoms with Crippen molar-refractivity contribution < 1.29 is 27.1 Å². The van der Waals surface area contributed by atoms with Crippen molar-refractivity contribution >= 4 is 17.3 Å². The minimum atomic E-state index is -4.32. The molecular weight excluding hydrogens is 321 g/mol. The molecule has 0 atom stereocenters. The van der Waals surface area contributed by atoms with Gasteiger partial charge in [-0.1, -0.05) is 0 Å². The fourth-order valence-corrected chi connectivity index (χ4v) is 2.48. The molecule has 9 heteroatoms. The monoisotopic (exact) mass is 334 g/mol. The molecule has 0 amide bonds. The van der Waals surface area contributed by atoms with E-state index < -0.39 is 25.0 Å². The Morgan fingerprint density at radius 3 is 2.77 bits per heavy atom. The van der Waals surface area contributed by atoms with Gasteiger partial charge in [-0.25, -0.2) is 14.8 Å². The van der Waals surface area contributed by atoms with Crippen molar-refractivity contribution in [2.75, 3.05) is 6.61 Å². The van der Waals surface area contributed by atoms with Crippen LogP contribution in [0.15, 0.2) is 17.0 Å². The van der Waals surface area contributed by atoms with Crippen LogP contribution in [0, 0.1) is 6.92 Å². The third kappa shape index (κ3) is 4.83. The van der Waals surface area contributed by atoms with Crippen molar-refractivity contribution in [1.82, 2.24) is 9.97 Å². The van der Waals surface area contributed by atoms with Gasteiger partial charge in [0.05, 0.1) is 18.0 Å². The fourth-order valence-electron chi connectivity index (χ4n) is 1.70. The van der Waals surface area contributed by atoms with Crippen molar-refractivity contribution in [3.05, 3.63) is 33.9 Å². The maximum Gasteiger partial charge on any atom is 0.389 e. The largest absolute Gasteiger partial charge is 0.460 e. The molecular formula is C13H13F3N2O3S. The highest BCUT2D eigenvalue weighted by atomic mass is 32.1. The summed E-state index contributed by atoms with van der Waals surface area (Å²) < 4.78 is 46.4. The zero-order valence-corrected chi connectivity index (χ0v) is 12.5. The quantitative estimate of drug-likeness (QED) is 0.758. The zero-order chi connectivity index (χ0) is 16.2. The summed E-state index contributed by atoms with van der Waals surface area (Å²) in [5.41, 5.74) is -0.204. The highest BCUT2D eigenvalue weighted by Gasteiger charge is 2.29. The Balaban J connectivity index is 1.86. The van der Waals surface area contributed by atoms with Crippen LogP contribution in [0.2, 0.25) is 0 Å². The van der Waals surface area contributed by atoms with Crippen LogP contribution in [-0.2, 0) is 17.6 Å². The number of hydrogen-bond donors (Lipinski definition) is 0. The van der Waals surface area contributed by atoms with E-state index in [0.717, 1.165) is 16.3 Å². The van der Waals surface area contributed by atoms with Gasteiger partial charge in [-0.15, -0.1) is 11.3 Å². The molecule has 120 valence electrons. The Hall–Kier alpha value is -1.90. The number of nitrogens with zero attached hydrogens (tertiary/aromatic N) is 2. The topological polar surface area (TPSA) is 65.2 Å². The number of hydrogen-bond acceptors (Lipinski definition) is 6. The first-order valence-electron chi connectivity index (χ1n) is 6.42. The first kappa shape index (κ1) is 16.5. The smallest absolute Gasteiger partial charge is 0.389 e. The van der Waals surface area contributed by atoms with E-state index in [1.165, 1.54) is 11.3 Å². The van der Waals surface area contributed by atoms with Crippen molar-refractivity contribution in [2.45, 2.75) is 32.4 Å². The number of carbonyl (C=O) groups excluding carboxylic acids is 1. The Morgan fingerprint density at radius 1 is 1.36 bits per heavy atom. The Morgan fingerprint density at radius 2 is 2.14 bits per heavy atom. The van der Waals surface area contributed by atoms with Gasteiger partial charge >= 0.3 is 12.1 Å². The average molecular weight is 334 g/mol. The van der Waals surface area contributed by atoms with Crippen molar-refractivity contribution in [1.29, 1.82) is 0 Å². The van der Waals surface area contributed by atoms with Gasteiger partial charge in [-0.3, -0.25) is 0 Å². The molecule has 0 N–H and O–H groups in total. The Labute approximate surface area is 128 Å². The van der Waals surface area contributed by atoms with Gasteiger partial charge in [-0.2, -0.15) is 13.2 Å². The number of rotatable bonds is 6. The second-order valence-corrected chi connectivity index (χ2v) is 5.79. The second kappa shape index (κ2) is 6.91. The van der Waals surface area contributed by atoms with Gasteiger partial charge in [0, 0.05) is 23.9 Å². The molecule has 2 aromatic heterocycles. The van der Waals surface area contributed by atoms with Gasteiger partial charge in [0.2, 0.25) is 0 Å². The molecule has 0 radical (unpaired) electrons. The molecule has 0 bridgehead atoms. The van der Waals surface area contributed by atoms with Crippen LogP contribution in [0.1, 0.15) is 32.6 Å². The van der Waals surface area contributed by atoms with Crippen LogP contribution in [0.25, 0.3) is 0 Å². The minimum Gasteiger partial charge on any atom is -0.460 e. The van der Waals surface area contributed by atoms with Gasteiger partial charge in [-0.05, 0) is 6.92 Å². The molecule has 0 saturated carbocycles. The van der Waals surface area contributed by atoms with E-state index in [0.29, 0.717) is 6.42 Å². The van der Waals surface area contributed by atoms with E-state index in [-0.39, 0.29) is 18.1 Å². The summed E-state index contributed by atoms with van der Waals surface area (Å²) in [7, 11) is 0. The van der Waals surface area contributed by atoms with E-state index in [1.807, 2.05) is 6.92 Å². The summed E-state index contributed by atoms with van der Waals surface area (Å²) in [5.74, 6) is -0.900. The van der Waals surface area contributed by atoms with Gasteiger partial charge < -0.3 is 9.15 Å². The maximum atomic E-state index is 12.2. The fraction of sp³-hybridized carbons (Fsp3) is 0.462. The van der Waals surface area contributed by atoms with Gasteiger partial charge in [0.1, 0.15) is 5.76 Å². The van der Waals surface area contributed by atoms with Crippen molar-refractivity contribution in [3.63, 3.8) is 0 Å². The SMILES string of the molecule is Cc1ncc(CCOC(=O)c2ncoc2CCC(F)(F)F)s1. The Bertz CT molecular complexity index is 637. The number of alkyl halides is 3. The molecule has 5 nitrogen and oxygen atoms in total. The lowest BCUT2D eigenvalue weighted by Crippen LogP contribution is -2.13. The Kier molecular flexibility index (Phi) is 5.17. The van der Waals surface area contributed by atoms with Crippen molar-refractivity contribution in [3.8, 4) is 0 Å². The third-order valence-electron chi connectivity index (χ3n) is 2.72.